The SMILES string of the molecule is COc1ncccc1C(=O)N(C)[C@@H]1COC[C@@H](OC)[C@H]1O. The minimum absolute atomic E-state index is 0.254. The average molecular weight is 296 g/mol. The van der Waals surface area contributed by atoms with Crippen LogP contribution in [0.3, 0.4) is 0 Å². The molecule has 0 saturated carbocycles. The summed E-state index contributed by atoms with van der Waals surface area (Å²) in [7, 11) is 4.58. The minimum atomic E-state index is -0.805. The number of hydrogen-bond donors (Lipinski definition) is 1. The zero-order valence-corrected chi connectivity index (χ0v) is 12.4. The van der Waals surface area contributed by atoms with Crippen LogP contribution < -0.4 is 4.74 Å². The highest BCUT2D eigenvalue weighted by molar-refractivity contribution is 5.96. The second kappa shape index (κ2) is 6.84. The van der Waals surface area contributed by atoms with Gasteiger partial charge in [0.15, 0.2) is 0 Å². The van der Waals surface area contributed by atoms with Crippen molar-refractivity contribution in [1.29, 1.82) is 0 Å². The highest BCUT2D eigenvalue weighted by Gasteiger charge is 2.37. The van der Waals surface area contributed by atoms with E-state index < -0.39 is 18.2 Å². The highest BCUT2D eigenvalue weighted by Crippen LogP contribution is 2.21. The number of aliphatic hydroxyl groups excluding tert-OH is 1. The van der Waals surface area contributed by atoms with Gasteiger partial charge in [-0.05, 0) is 12.1 Å². The summed E-state index contributed by atoms with van der Waals surface area (Å²) in [6, 6.07) is 2.81. The molecule has 2 rings (SSSR count). The van der Waals surface area contributed by atoms with Crippen LogP contribution in [0.15, 0.2) is 18.3 Å². The maximum Gasteiger partial charge on any atom is 0.259 e. The maximum absolute atomic E-state index is 12.6. The van der Waals surface area contributed by atoms with Crippen LogP contribution in [0.5, 0.6) is 5.88 Å². The number of carbonyl (C=O) groups is 1. The van der Waals surface area contributed by atoms with Gasteiger partial charge in [-0.1, -0.05) is 0 Å². The zero-order chi connectivity index (χ0) is 15.4. The molecule has 1 N–H and O–H groups in total. The van der Waals surface area contributed by atoms with E-state index in [0.29, 0.717) is 12.2 Å². The molecule has 0 unspecified atom stereocenters. The van der Waals surface area contributed by atoms with E-state index in [0.717, 1.165) is 0 Å². The smallest absolute Gasteiger partial charge is 0.259 e. The lowest BCUT2D eigenvalue weighted by Gasteiger charge is -2.38. The molecule has 0 radical (unpaired) electrons. The van der Waals surface area contributed by atoms with Gasteiger partial charge >= 0.3 is 0 Å². The fourth-order valence-electron chi connectivity index (χ4n) is 2.36. The summed E-state index contributed by atoms with van der Waals surface area (Å²) in [5, 5.41) is 10.3. The second-order valence-corrected chi connectivity index (χ2v) is 4.85. The molecule has 0 aromatic carbocycles. The lowest BCUT2D eigenvalue weighted by atomic mass is 10.0. The summed E-state index contributed by atoms with van der Waals surface area (Å²) in [6.07, 6.45) is 0.296. The van der Waals surface area contributed by atoms with Gasteiger partial charge in [0.2, 0.25) is 5.88 Å². The average Bonchev–Trinajstić information content (AvgIpc) is 2.53. The first-order chi connectivity index (χ1) is 10.1. The summed E-state index contributed by atoms with van der Waals surface area (Å²) in [5.41, 5.74) is 0.342. The lowest BCUT2D eigenvalue weighted by Crippen LogP contribution is -2.56. The molecule has 1 aliphatic rings. The van der Waals surface area contributed by atoms with Crippen molar-refractivity contribution in [3.05, 3.63) is 23.9 Å². The van der Waals surface area contributed by atoms with Crippen LogP contribution in [0.2, 0.25) is 0 Å². The van der Waals surface area contributed by atoms with Gasteiger partial charge < -0.3 is 24.2 Å². The fraction of sp³-hybridized carbons (Fsp3) is 0.571. The Balaban J connectivity index is 2.18. The number of amides is 1. The van der Waals surface area contributed by atoms with Gasteiger partial charge in [0, 0.05) is 20.4 Å². The molecule has 21 heavy (non-hydrogen) atoms. The molecule has 1 aliphatic heterocycles. The largest absolute Gasteiger partial charge is 0.480 e. The number of ether oxygens (including phenoxy) is 3. The molecule has 1 amide bonds. The van der Waals surface area contributed by atoms with Crippen molar-refractivity contribution in [3.8, 4) is 5.88 Å². The molecule has 1 fully saturated rings. The molecule has 0 aliphatic carbocycles. The van der Waals surface area contributed by atoms with Crippen LogP contribution in [-0.4, -0.2) is 73.6 Å². The number of hydrogen-bond acceptors (Lipinski definition) is 6. The standard InChI is InChI=1S/C14H20N2O5/c1-16(10-7-21-8-11(19-2)12(10)17)14(18)9-5-4-6-15-13(9)20-3/h4-6,10-12,17H,7-8H2,1-3H3/t10-,11-,12+/m1/s1. The summed E-state index contributed by atoms with van der Waals surface area (Å²) in [5.74, 6) is -0.0341. The van der Waals surface area contributed by atoms with Crippen molar-refractivity contribution in [3.63, 3.8) is 0 Å². The van der Waals surface area contributed by atoms with E-state index in [9.17, 15) is 9.90 Å². The third-order valence-electron chi connectivity index (χ3n) is 3.66. The van der Waals surface area contributed by atoms with Crippen LogP contribution in [0.4, 0.5) is 0 Å². The number of methoxy groups -OCH3 is 2. The molecule has 3 atom stereocenters. The van der Waals surface area contributed by atoms with Crippen molar-refractivity contribution >= 4 is 5.91 Å². The van der Waals surface area contributed by atoms with Gasteiger partial charge in [-0.2, -0.15) is 0 Å². The Morgan fingerprint density at radius 1 is 1.48 bits per heavy atom. The Labute approximate surface area is 123 Å². The molecule has 1 aromatic rings. The summed E-state index contributed by atoms with van der Waals surface area (Å²) >= 11 is 0. The van der Waals surface area contributed by atoms with E-state index in [2.05, 4.69) is 4.98 Å². The summed E-state index contributed by atoms with van der Waals surface area (Å²) in [6.45, 7) is 0.568. The van der Waals surface area contributed by atoms with E-state index in [1.807, 2.05) is 0 Å². The Hall–Kier alpha value is -1.70. The van der Waals surface area contributed by atoms with Crippen molar-refractivity contribution in [2.75, 3.05) is 34.5 Å². The molecule has 7 nitrogen and oxygen atoms in total. The third kappa shape index (κ3) is 3.15. The molecule has 2 heterocycles. The first-order valence-electron chi connectivity index (χ1n) is 6.65. The molecule has 7 heteroatoms. The molecule has 0 bridgehead atoms. The molecule has 0 spiro atoms. The number of nitrogens with zero attached hydrogens (tertiary/aromatic N) is 2. The van der Waals surface area contributed by atoms with E-state index in [1.54, 1.807) is 25.4 Å². The number of likely N-dealkylation sites (N-methyl/N-ethyl adjacent to an activating group) is 1. The Morgan fingerprint density at radius 2 is 2.24 bits per heavy atom. The zero-order valence-electron chi connectivity index (χ0n) is 12.4. The van der Waals surface area contributed by atoms with Gasteiger partial charge in [0.25, 0.3) is 5.91 Å². The number of aromatic nitrogens is 1. The molecule has 1 aromatic heterocycles. The normalized spacial score (nSPS) is 25.4. The van der Waals surface area contributed by atoms with Crippen LogP contribution in [0, 0.1) is 0 Å². The first-order valence-corrected chi connectivity index (χ1v) is 6.65. The number of pyridine rings is 1. The monoisotopic (exact) mass is 296 g/mol. The van der Waals surface area contributed by atoms with Crippen molar-refractivity contribution in [2.24, 2.45) is 0 Å². The van der Waals surface area contributed by atoms with Crippen LogP contribution in [0.1, 0.15) is 10.4 Å². The van der Waals surface area contributed by atoms with Crippen LogP contribution in [-0.2, 0) is 9.47 Å². The quantitative estimate of drug-likeness (QED) is 0.838. The van der Waals surface area contributed by atoms with Crippen molar-refractivity contribution in [2.45, 2.75) is 18.2 Å². The van der Waals surface area contributed by atoms with E-state index in [4.69, 9.17) is 14.2 Å². The van der Waals surface area contributed by atoms with Gasteiger partial charge in [0.05, 0.1) is 26.4 Å². The molecular formula is C14H20N2O5. The van der Waals surface area contributed by atoms with E-state index in [-0.39, 0.29) is 18.4 Å². The number of aliphatic hydroxyl groups is 1. The minimum Gasteiger partial charge on any atom is -0.480 e. The topological polar surface area (TPSA) is 81.1 Å². The lowest BCUT2D eigenvalue weighted by molar-refractivity contribution is -0.135. The molecule has 116 valence electrons. The second-order valence-electron chi connectivity index (χ2n) is 4.85. The van der Waals surface area contributed by atoms with Gasteiger partial charge in [-0.15, -0.1) is 0 Å². The van der Waals surface area contributed by atoms with Gasteiger partial charge in [-0.3, -0.25) is 4.79 Å². The molecule has 1 saturated heterocycles. The van der Waals surface area contributed by atoms with E-state index >= 15 is 0 Å². The van der Waals surface area contributed by atoms with Crippen molar-refractivity contribution in [1.82, 2.24) is 9.88 Å². The van der Waals surface area contributed by atoms with Crippen LogP contribution >= 0.6 is 0 Å². The summed E-state index contributed by atoms with van der Waals surface area (Å²) < 4.78 is 15.7. The predicted molar refractivity (Wildman–Crippen MR) is 74.3 cm³/mol. The first kappa shape index (κ1) is 15.7. The Kier molecular flexibility index (Phi) is 5.11. The Bertz CT molecular complexity index is 496. The maximum atomic E-state index is 12.6. The number of rotatable bonds is 4. The number of carbonyl (C=O) groups excluding carboxylic acids is 1. The molecular weight excluding hydrogens is 276 g/mol. The van der Waals surface area contributed by atoms with Crippen molar-refractivity contribution < 1.29 is 24.1 Å². The predicted octanol–water partition coefficient (Wildman–Crippen LogP) is -0.0631. The van der Waals surface area contributed by atoms with E-state index in [1.165, 1.54) is 19.1 Å². The summed E-state index contributed by atoms with van der Waals surface area (Å²) in [4.78, 5) is 18.0. The third-order valence-corrected chi connectivity index (χ3v) is 3.66. The Morgan fingerprint density at radius 3 is 2.90 bits per heavy atom. The van der Waals surface area contributed by atoms with Gasteiger partial charge in [0.1, 0.15) is 17.8 Å². The van der Waals surface area contributed by atoms with Gasteiger partial charge in [-0.25, -0.2) is 4.98 Å². The fourth-order valence-corrected chi connectivity index (χ4v) is 2.36. The van der Waals surface area contributed by atoms with Crippen LogP contribution in [0.25, 0.3) is 0 Å². The highest BCUT2D eigenvalue weighted by atomic mass is 16.5.